The Hall–Kier alpha value is -2.74. The minimum absolute atomic E-state index is 0.170. The molecule has 2 nitrogen and oxygen atoms in total. The lowest BCUT2D eigenvalue weighted by atomic mass is 10.2. The first-order chi connectivity index (χ1) is 11.2. The monoisotopic (exact) mass is 301 g/mol. The summed E-state index contributed by atoms with van der Waals surface area (Å²) in [6.45, 7) is 4.10. The molecule has 0 amide bonds. The smallest absolute Gasteiger partial charge is 0.121 e. The third kappa shape index (κ3) is 2.36. The molecular weight excluding hydrogens is 282 g/mol. The van der Waals surface area contributed by atoms with Gasteiger partial charge in [0.1, 0.15) is 5.75 Å². The topological polar surface area (TPSA) is 14.2 Å². The highest BCUT2D eigenvalue weighted by Gasteiger charge is 2.11. The van der Waals surface area contributed by atoms with Crippen LogP contribution < -0.4 is 4.74 Å². The van der Waals surface area contributed by atoms with Gasteiger partial charge in [-0.15, -0.1) is 0 Å². The number of hydrogen-bond acceptors (Lipinski definition) is 1. The second kappa shape index (κ2) is 5.47. The first-order valence-electron chi connectivity index (χ1n) is 7.99. The van der Waals surface area contributed by atoms with Crippen molar-refractivity contribution in [1.82, 2.24) is 4.57 Å². The van der Waals surface area contributed by atoms with Crippen molar-refractivity contribution in [3.8, 4) is 11.4 Å². The van der Waals surface area contributed by atoms with Crippen molar-refractivity contribution in [2.45, 2.75) is 20.0 Å². The molecule has 3 aromatic carbocycles. The van der Waals surface area contributed by atoms with E-state index in [1.807, 2.05) is 19.9 Å². The third-order valence-electron chi connectivity index (χ3n) is 4.03. The SMILES string of the molecule is CC(C)Oc1cccc(-n2c3ccccc3c3ccccc32)c1. The van der Waals surface area contributed by atoms with Gasteiger partial charge < -0.3 is 9.30 Å². The quantitative estimate of drug-likeness (QED) is 0.482. The maximum Gasteiger partial charge on any atom is 0.121 e. The van der Waals surface area contributed by atoms with E-state index in [9.17, 15) is 0 Å². The van der Waals surface area contributed by atoms with Crippen LogP contribution in [-0.4, -0.2) is 10.7 Å². The Morgan fingerprint density at radius 3 is 1.96 bits per heavy atom. The Kier molecular flexibility index (Phi) is 3.30. The number of ether oxygens (including phenoxy) is 1. The number of rotatable bonds is 3. The Morgan fingerprint density at radius 2 is 1.35 bits per heavy atom. The molecule has 0 spiro atoms. The van der Waals surface area contributed by atoms with Crippen LogP contribution in [0.5, 0.6) is 5.75 Å². The summed E-state index contributed by atoms with van der Waals surface area (Å²) in [5.74, 6) is 0.902. The fraction of sp³-hybridized carbons (Fsp3) is 0.143. The zero-order valence-corrected chi connectivity index (χ0v) is 13.4. The molecule has 23 heavy (non-hydrogen) atoms. The van der Waals surface area contributed by atoms with Gasteiger partial charge in [0.15, 0.2) is 0 Å². The highest BCUT2D eigenvalue weighted by Crippen LogP contribution is 2.32. The van der Waals surface area contributed by atoms with Gasteiger partial charge in [0, 0.05) is 22.5 Å². The van der Waals surface area contributed by atoms with Crippen LogP contribution in [0, 0.1) is 0 Å². The number of nitrogens with zero attached hydrogens (tertiary/aromatic N) is 1. The van der Waals surface area contributed by atoms with Gasteiger partial charge in [0.2, 0.25) is 0 Å². The minimum atomic E-state index is 0.170. The molecule has 0 radical (unpaired) electrons. The standard InChI is InChI=1S/C21H19NO/c1-15(2)23-17-9-7-8-16(14-17)22-20-12-5-3-10-18(20)19-11-4-6-13-21(19)22/h3-15H,1-2H3. The van der Waals surface area contributed by atoms with Crippen molar-refractivity contribution in [1.29, 1.82) is 0 Å². The summed E-state index contributed by atoms with van der Waals surface area (Å²) >= 11 is 0. The minimum Gasteiger partial charge on any atom is -0.491 e. The average molecular weight is 301 g/mol. The predicted molar refractivity (Wildman–Crippen MR) is 96.5 cm³/mol. The van der Waals surface area contributed by atoms with Crippen molar-refractivity contribution in [3.05, 3.63) is 72.8 Å². The molecular formula is C21H19NO. The lowest BCUT2D eigenvalue weighted by Crippen LogP contribution is -2.05. The van der Waals surface area contributed by atoms with E-state index in [4.69, 9.17) is 4.74 Å². The number of fused-ring (bicyclic) bond motifs is 3. The van der Waals surface area contributed by atoms with E-state index in [2.05, 4.69) is 71.3 Å². The molecule has 0 fully saturated rings. The van der Waals surface area contributed by atoms with Crippen molar-refractivity contribution in [2.24, 2.45) is 0 Å². The fourth-order valence-electron chi connectivity index (χ4n) is 3.17. The van der Waals surface area contributed by atoms with E-state index >= 15 is 0 Å². The average Bonchev–Trinajstić information content (AvgIpc) is 2.89. The zero-order valence-electron chi connectivity index (χ0n) is 13.4. The van der Waals surface area contributed by atoms with Crippen LogP contribution in [0.3, 0.4) is 0 Å². The number of hydrogen-bond donors (Lipinski definition) is 0. The summed E-state index contributed by atoms with van der Waals surface area (Å²) in [5.41, 5.74) is 3.56. The molecule has 0 N–H and O–H groups in total. The van der Waals surface area contributed by atoms with Crippen LogP contribution in [0.4, 0.5) is 0 Å². The van der Waals surface area contributed by atoms with Crippen molar-refractivity contribution < 1.29 is 4.74 Å². The van der Waals surface area contributed by atoms with Crippen molar-refractivity contribution in [3.63, 3.8) is 0 Å². The molecule has 0 saturated carbocycles. The van der Waals surface area contributed by atoms with Gasteiger partial charge >= 0.3 is 0 Å². The molecule has 0 unspecified atom stereocenters. The summed E-state index contributed by atoms with van der Waals surface area (Å²) in [5, 5.41) is 2.55. The van der Waals surface area contributed by atoms with Gasteiger partial charge in [-0.05, 0) is 38.1 Å². The Morgan fingerprint density at radius 1 is 0.739 bits per heavy atom. The van der Waals surface area contributed by atoms with E-state index < -0.39 is 0 Å². The van der Waals surface area contributed by atoms with Crippen LogP contribution in [0.25, 0.3) is 27.5 Å². The number of benzene rings is 3. The summed E-state index contributed by atoms with van der Waals surface area (Å²) in [6.07, 6.45) is 0.170. The first kappa shape index (κ1) is 13.9. The lowest BCUT2D eigenvalue weighted by Gasteiger charge is -2.13. The van der Waals surface area contributed by atoms with E-state index in [0.717, 1.165) is 11.4 Å². The second-order valence-electron chi connectivity index (χ2n) is 6.03. The molecule has 0 aliphatic rings. The zero-order chi connectivity index (χ0) is 15.8. The van der Waals surface area contributed by atoms with E-state index in [0.29, 0.717) is 0 Å². The van der Waals surface area contributed by atoms with Crippen LogP contribution in [0.2, 0.25) is 0 Å². The molecule has 0 aliphatic carbocycles. The molecule has 0 saturated heterocycles. The van der Waals surface area contributed by atoms with E-state index in [1.165, 1.54) is 21.8 Å². The summed E-state index contributed by atoms with van der Waals surface area (Å²) < 4.78 is 8.17. The van der Waals surface area contributed by atoms with Crippen LogP contribution in [0.15, 0.2) is 72.8 Å². The largest absolute Gasteiger partial charge is 0.491 e. The number of para-hydroxylation sites is 2. The first-order valence-corrected chi connectivity index (χ1v) is 7.99. The second-order valence-corrected chi connectivity index (χ2v) is 6.03. The van der Waals surface area contributed by atoms with Crippen LogP contribution >= 0.6 is 0 Å². The van der Waals surface area contributed by atoms with Crippen LogP contribution in [0.1, 0.15) is 13.8 Å². The van der Waals surface area contributed by atoms with Gasteiger partial charge in [-0.3, -0.25) is 0 Å². The van der Waals surface area contributed by atoms with E-state index in [1.54, 1.807) is 0 Å². The molecule has 4 rings (SSSR count). The molecule has 0 bridgehead atoms. The molecule has 2 heteroatoms. The van der Waals surface area contributed by atoms with Gasteiger partial charge in [-0.2, -0.15) is 0 Å². The third-order valence-corrected chi connectivity index (χ3v) is 4.03. The van der Waals surface area contributed by atoms with Crippen molar-refractivity contribution in [2.75, 3.05) is 0 Å². The highest BCUT2D eigenvalue weighted by atomic mass is 16.5. The molecule has 0 atom stereocenters. The Labute approximate surface area is 135 Å². The summed E-state index contributed by atoms with van der Waals surface area (Å²) in [7, 11) is 0. The van der Waals surface area contributed by atoms with Gasteiger partial charge in [-0.25, -0.2) is 0 Å². The normalized spacial score (nSPS) is 11.4. The predicted octanol–water partition coefficient (Wildman–Crippen LogP) is 5.57. The molecule has 1 heterocycles. The Balaban J connectivity index is 2.01. The molecule has 4 aromatic rings. The fourth-order valence-corrected chi connectivity index (χ4v) is 3.17. The molecule has 0 aliphatic heterocycles. The molecule has 1 aromatic heterocycles. The highest BCUT2D eigenvalue weighted by molar-refractivity contribution is 6.09. The van der Waals surface area contributed by atoms with Gasteiger partial charge in [0.05, 0.1) is 17.1 Å². The van der Waals surface area contributed by atoms with Crippen LogP contribution in [-0.2, 0) is 0 Å². The summed E-state index contributed by atoms with van der Waals surface area (Å²) in [4.78, 5) is 0. The van der Waals surface area contributed by atoms with Gasteiger partial charge in [0.25, 0.3) is 0 Å². The van der Waals surface area contributed by atoms with E-state index in [-0.39, 0.29) is 6.10 Å². The molecule has 114 valence electrons. The maximum absolute atomic E-state index is 5.86. The van der Waals surface area contributed by atoms with Crippen molar-refractivity contribution >= 4 is 21.8 Å². The summed E-state index contributed by atoms with van der Waals surface area (Å²) in [6, 6.07) is 25.4. The lowest BCUT2D eigenvalue weighted by molar-refractivity contribution is 0.242. The maximum atomic E-state index is 5.86. The van der Waals surface area contributed by atoms with Gasteiger partial charge in [-0.1, -0.05) is 42.5 Å². The Bertz CT molecular complexity index is 928. The number of aromatic nitrogens is 1.